The third-order valence-electron chi connectivity index (χ3n) is 4.02. The van der Waals surface area contributed by atoms with Crippen molar-refractivity contribution in [2.24, 2.45) is 0 Å². The van der Waals surface area contributed by atoms with Gasteiger partial charge in [-0.25, -0.2) is 13.2 Å². The molecule has 0 aliphatic rings. The van der Waals surface area contributed by atoms with Gasteiger partial charge in [-0.2, -0.15) is 0 Å². The van der Waals surface area contributed by atoms with Crippen LogP contribution in [0.4, 0.5) is 5.69 Å². The first-order valence-corrected chi connectivity index (χ1v) is 9.16. The summed E-state index contributed by atoms with van der Waals surface area (Å²) < 4.78 is 27.8. The molecule has 3 aromatic rings. The molecular weight excluding hydrogens is 356 g/mol. The maximum absolute atomic E-state index is 12.7. The van der Waals surface area contributed by atoms with Crippen molar-refractivity contribution >= 4 is 32.6 Å². The predicted molar refractivity (Wildman–Crippen MR) is 98.3 cm³/mol. The standard InChI is InChI=1S/C18H16N2O5S/c1-10-8-16(21)19-17-11(2)7-14(9-15(10)17)26(24,25)20-13-5-3-12(4-6-13)18(22)23/h3-9,20H,1-2H3,(H,19,21)(H,22,23). The van der Waals surface area contributed by atoms with Crippen LogP contribution in [0.25, 0.3) is 10.9 Å². The number of pyridine rings is 1. The zero-order valence-corrected chi connectivity index (χ0v) is 14.8. The fourth-order valence-electron chi connectivity index (χ4n) is 2.71. The Morgan fingerprint density at radius 1 is 1.04 bits per heavy atom. The van der Waals surface area contributed by atoms with Gasteiger partial charge in [0, 0.05) is 17.1 Å². The molecule has 0 fully saturated rings. The van der Waals surface area contributed by atoms with Crippen LogP contribution in [0, 0.1) is 13.8 Å². The first-order chi connectivity index (χ1) is 12.2. The summed E-state index contributed by atoms with van der Waals surface area (Å²) >= 11 is 0. The Morgan fingerprint density at radius 3 is 2.31 bits per heavy atom. The summed E-state index contributed by atoms with van der Waals surface area (Å²) in [5, 5.41) is 9.54. The average molecular weight is 372 g/mol. The Labute approximate surface area is 149 Å². The number of carbonyl (C=O) groups is 1. The minimum Gasteiger partial charge on any atom is -0.478 e. The zero-order chi connectivity index (χ0) is 19.1. The van der Waals surface area contributed by atoms with E-state index in [1.807, 2.05) is 0 Å². The number of benzene rings is 2. The van der Waals surface area contributed by atoms with Crippen molar-refractivity contribution in [2.75, 3.05) is 4.72 Å². The van der Waals surface area contributed by atoms with E-state index in [1.165, 1.54) is 42.5 Å². The highest BCUT2D eigenvalue weighted by molar-refractivity contribution is 7.92. The molecule has 1 heterocycles. The van der Waals surface area contributed by atoms with Gasteiger partial charge in [0.1, 0.15) is 0 Å². The van der Waals surface area contributed by atoms with E-state index in [0.717, 1.165) is 0 Å². The summed E-state index contributed by atoms with van der Waals surface area (Å²) in [6.07, 6.45) is 0. The molecule has 1 aromatic heterocycles. The second-order valence-electron chi connectivity index (χ2n) is 5.97. The molecule has 0 bridgehead atoms. The largest absolute Gasteiger partial charge is 0.478 e. The van der Waals surface area contributed by atoms with Crippen LogP contribution in [0.5, 0.6) is 0 Å². The lowest BCUT2D eigenvalue weighted by Gasteiger charge is -2.12. The molecular formula is C18H16N2O5S. The van der Waals surface area contributed by atoms with Crippen LogP contribution < -0.4 is 10.3 Å². The number of nitrogens with one attached hydrogen (secondary N) is 2. The molecule has 0 amide bonds. The second kappa shape index (κ2) is 6.30. The third-order valence-corrected chi connectivity index (χ3v) is 5.38. The van der Waals surface area contributed by atoms with Crippen LogP contribution in [0.3, 0.4) is 0 Å². The van der Waals surface area contributed by atoms with E-state index in [2.05, 4.69) is 9.71 Å². The maximum atomic E-state index is 12.7. The van der Waals surface area contributed by atoms with Gasteiger partial charge in [0.15, 0.2) is 0 Å². The molecule has 0 spiro atoms. The lowest BCUT2D eigenvalue weighted by Crippen LogP contribution is -2.14. The maximum Gasteiger partial charge on any atom is 0.335 e. The number of aromatic nitrogens is 1. The number of aryl methyl sites for hydroxylation is 2. The van der Waals surface area contributed by atoms with Crippen molar-refractivity contribution in [3.63, 3.8) is 0 Å². The molecule has 0 radical (unpaired) electrons. The van der Waals surface area contributed by atoms with Crippen LogP contribution >= 0.6 is 0 Å². The summed E-state index contributed by atoms with van der Waals surface area (Å²) in [5.74, 6) is -1.09. The normalized spacial score (nSPS) is 11.5. The Bertz CT molecular complexity index is 1180. The van der Waals surface area contributed by atoms with Crippen LogP contribution in [-0.4, -0.2) is 24.5 Å². The van der Waals surface area contributed by atoms with Crippen molar-refractivity contribution in [2.45, 2.75) is 18.7 Å². The van der Waals surface area contributed by atoms with Crippen LogP contribution in [-0.2, 0) is 10.0 Å². The lowest BCUT2D eigenvalue weighted by molar-refractivity contribution is 0.0697. The fourth-order valence-corrected chi connectivity index (χ4v) is 3.88. The topological polar surface area (TPSA) is 116 Å². The smallest absolute Gasteiger partial charge is 0.335 e. The van der Waals surface area contributed by atoms with Gasteiger partial charge in [0.25, 0.3) is 10.0 Å². The van der Waals surface area contributed by atoms with Gasteiger partial charge >= 0.3 is 5.97 Å². The van der Waals surface area contributed by atoms with Crippen LogP contribution in [0.15, 0.2) is 52.2 Å². The van der Waals surface area contributed by atoms with Gasteiger partial charge in [0.2, 0.25) is 5.56 Å². The molecule has 0 aliphatic carbocycles. The van der Waals surface area contributed by atoms with E-state index in [1.54, 1.807) is 13.8 Å². The van der Waals surface area contributed by atoms with Crippen molar-refractivity contribution in [3.8, 4) is 0 Å². The first-order valence-electron chi connectivity index (χ1n) is 7.68. The van der Waals surface area contributed by atoms with Crippen molar-refractivity contribution in [1.29, 1.82) is 0 Å². The molecule has 3 rings (SSSR count). The first kappa shape index (κ1) is 17.7. The SMILES string of the molecule is Cc1cc(=O)[nH]c2c(C)cc(S(=O)(=O)Nc3ccc(C(=O)O)cc3)cc12. The highest BCUT2D eigenvalue weighted by Gasteiger charge is 2.17. The highest BCUT2D eigenvalue weighted by atomic mass is 32.2. The molecule has 8 heteroatoms. The quantitative estimate of drug-likeness (QED) is 0.651. The molecule has 0 saturated heterocycles. The number of fused-ring (bicyclic) bond motifs is 1. The van der Waals surface area contributed by atoms with Gasteiger partial charge in [-0.05, 0) is 61.4 Å². The third kappa shape index (κ3) is 3.31. The van der Waals surface area contributed by atoms with Gasteiger partial charge in [-0.3, -0.25) is 9.52 Å². The number of carboxylic acids is 1. The monoisotopic (exact) mass is 372 g/mol. The number of sulfonamides is 1. The number of hydrogen-bond donors (Lipinski definition) is 3. The number of hydrogen-bond acceptors (Lipinski definition) is 4. The van der Waals surface area contributed by atoms with Crippen molar-refractivity contribution < 1.29 is 18.3 Å². The highest BCUT2D eigenvalue weighted by Crippen LogP contribution is 2.25. The Kier molecular flexibility index (Phi) is 4.29. The summed E-state index contributed by atoms with van der Waals surface area (Å²) in [5.41, 5.74) is 1.98. The number of aromatic amines is 1. The van der Waals surface area contributed by atoms with Crippen molar-refractivity contribution in [1.82, 2.24) is 4.98 Å². The van der Waals surface area contributed by atoms with E-state index in [4.69, 9.17) is 5.11 Å². The molecule has 0 atom stereocenters. The van der Waals surface area contributed by atoms with E-state index in [9.17, 15) is 18.0 Å². The van der Waals surface area contributed by atoms with Gasteiger partial charge in [-0.1, -0.05) is 0 Å². The van der Waals surface area contributed by atoms with Gasteiger partial charge < -0.3 is 10.1 Å². The minimum absolute atomic E-state index is 0.0555. The van der Waals surface area contributed by atoms with Gasteiger partial charge in [-0.15, -0.1) is 0 Å². The van der Waals surface area contributed by atoms with Crippen LogP contribution in [0.1, 0.15) is 21.5 Å². The average Bonchev–Trinajstić information content (AvgIpc) is 2.55. The lowest BCUT2D eigenvalue weighted by atomic mass is 10.1. The molecule has 0 unspecified atom stereocenters. The number of carboxylic acid groups (broad SMARTS) is 1. The Balaban J connectivity index is 2.04. The van der Waals surface area contributed by atoms with Crippen LogP contribution in [0.2, 0.25) is 0 Å². The van der Waals surface area contributed by atoms with E-state index >= 15 is 0 Å². The molecule has 3 N–H and O–H groups in total. The van der Waals surface area contributed by atoms with E-state index in [-0.39, 0.29) is 21.7 Å². The summed E-state index contributed by atoms with van der Waals surface area (Å²) in [4.78, 5) is 25.3. The Hall–Kier alpha value is -3.13. The van der Waals surface area contributed by atoms with E-state index in [0.29, 0.717) is 22.0 Å². The number of anilines is 1. The molecule has 0 aliphatic heterocycles. The molecule has 134 valence electrons. The number of H-pyrrole nitrogens is 1. The van der Waals surface area contributed by atoms with E-state index < -0.39 is 16.0 Å². The summed E-state index contributed by atoms with van der Waals surface area (Å²) in [6.45, 7) is 3.46. The summed E-state index contributed by atoms with van der Waals surface area (Å²) in [7, 11) is -3.88. The second-order valence-corrected chi connectivity index (χ2v) is 7.65. The Morgan fingerprint density at radius 2 is 1.69 bits per heavy atom. The van der Waals surface area contributed by atoms with Crippen molar-refractivity contribution in [3.05, 3.63) is 69.5 Å². The fraction of sp³-hybridized carbons (Fsp3) is 0.111. The number of rotatable bonds is 4. The predicted octanol–water partition coefficient (Wildman–Crippen LogP) is 2.64. The molecule has 0 saturated carbocycles. The summed E-state index contributed by atoms with van der Waals surface area (Å²) in [6, 6.07) is 9.81. The van der Waals surface area contributed by atoms with Gasteiger partial charge in [0.05, 0.1) is 16.0 Å². The minimum atomic E-state index is -3.88. The molecule has 26 heavy (non-hydrogen) atoms. The zero-order valence-electron chi connectivity index (χ0n) is 14.0. The number of aromatic carboxylic acids is 1. The molecule has 7 nitrogen and oxygen atoms in total. The molecule has 2 aromatic carbocycles.